The van der Waals surface area contributed by atoms with Crippen molar-refractivity contribution in [3.8, 4) is 0 Å². The maximum absolute atomic E-state index is 13.7. The average molecular weight is 317 g/mol. The lowest BCUT2D eigenvalue weighted by Gasteiger charge is -2.19. The van der Waals surface area contributed by atoms with Crippen LogP contribution in [0, 0.1) is 5.82 Å². The van der Waals surface area contributed by atoms with E-state index in [1.165, 1.54) is 0 Å². The third-order valence-electron chi connectivity index (χ3n) is 2.61. The van der Waals surface area contributed by atoms with Crippen LogP contribution in [0.3, 0.4) is 0 Å². The fraction of sp³-hybridized carbons (Fsp3) is 0.417. The Morgan fingerprint density at radius 2 is 1.71 bits per heavy atom. The van der Waals surface area contributed by atoms with Crippen LogP contribution in [0.2, 0.25) is 0 Å². The maximum Gasteiger partial charge on any atom is 0.419 e. The van der Waals surface area contributed by atoms with Gasteiger partial charge in [0, 0.05) is 13.6 Å². The molecule has 0 N–H and O–H groups in total. The first-order chi connectivity index (χ1) is 9.43. The van der Waals surface area contributed by atoms with Crippen LogP contribution in [0.25, 0.3) is 0 Å². The lowest BCUT2D eigenvalue weighted by molar-refractivity contribution is -0.140. The summed E-state index contributed by atoms with van der Waals surface area (Å²) in [6.45, 7) is -0.780. The molecule has 0 fully saturated rings. The van der Waals surface area contributed by atoms with Crippen LogP contribution < -0.4 is 0 Å². The Bertz CT molecular complexity index is 521. The molecule has 1 aromatic carbocycles. The van der Waals surface area contributed by atoms with Crippen LogP contribution in [0.15, 0.2) is 18.2 Å². The first-order valence-corrected chi connectivity index (χ1v) is 5.61. The van der Waals surface area contributed by atoms with E-state index in [4.69, 9.17) is 0 Å². The molecule has 0 radical (unpaired) electrons. The highest BCUT2D eigenvalue weighted by Gasteiger charge is 2.36. The smallest absolute Gasteiger partial charge is 0.341 e. The maximum atomic E-state index is 13.7. The third kappa shape index (κ3) is 4.61. The van der Waals surface area contributed by atoms with Gasteiger partial charge in [-0.25, -0.2) is 4.39 Å². The van der Waals surface area contributed by atoms with Gasteiger partial charge in [-0.05, 0) is 12.1 Å². The molecule has 1 aromatic rings. The van der Waals surface area contributed by atoms with Crippen molar-refractivity contribution in [2.24, 2.45) is 0 Å². The standard InChI is InChI=1S/C12H10F7NO/c1-20(6-5-11(14,15)16)10(21)7-3-2-4-8(9(7)13)12(17,18)19/h2-4H,5-6H2,1H3. The van der Waals surface area contributed by atoms with Crippen LogP contribution in [0.4, 0.5) is 30.7 Å². The number of carbonyl (C=O) groups excluding carboxylic acids is 1. The zero-order valence-electron chi connectivity index (χ0n) is 10.6. The molecule has 0 unspecified atom stereocenters. The molecule has 0 aromatic heterocycles. The van der Waals surface area contributed by atoms with Crippen molar-refractivity contribution in [2.75, 3.05) is 13.6 Å². The van der Waals surface area contributed by atoms with Gasteiger partial charge < -0.3 is 4.90 Å². The SMILES string of the molecule is CN(CCC(F)(F)F)C(=O)c1cccc(C(F)(F)F)c1F. The Morgan fingerprint density at radius 1 is 1.14 bits per heavy atom. The van der Waals surface area contributed by atoms with E-state index in [-0.39, 0.29) is 0 Å². The number of nitrogens with zero attached hydrogens (tertiary/aromatic N) is 1. The molecule has 21 heavy (non-hydrogen) atoms. The van der Waals surface area contributed by atoms with E-state index in [1.54, 1.807) is 0 Å². The minimum Gasteiger partial charge on any atom is -0.341 e. The van der Waals surface area contributed by atoms with Gasteiger partial charge in [-0.3, -0.25) is 4.79 Å². The first-order valence-electron chi connectivity index (χ1n) is 5.61. The molecule has 0 saturated heterocycles. The lowest BCUT2D eigenvalue weighted by atomic mass is 10.1. The van der Waals surface area contributed by atoms with Gasteiger partial charge in [-0.1, -0.05) is 6.07 Å². The summed E-state index contributed by atoms with van der Waals surface area (Å²) in [5, 5.41) is 0. The number of carbonyl (C=O) groups is 1. The van der Waals surface area contributed by atoms with E-state index >= 15 is 0 Å². The molecule has 0 aliphatic heterocycles. The van der Waals surface area contributed by atoms with Crippen molar-refractivity contribution in [1.82, 2.24) is 4.90 Å². The molecule has 0 spiro atoms. The Kier molecular flexibility index (Phi) is 4.85. The fourth-order valence-electron chi connectivity index (χ4n) is 1.52. The number of benzene rings is 1. The minimum atomic E-state index is -5.00. The quantitative estimate of drug-likeness (QED) is 0.775. The summed E-state index contributed by atoms with van der Waals surface area (Å²) in [7, 11) is 0.952. The van der Waals surface area contributed by atoms with E-state index < -0.39 is 48.2 Å². The van der Waals surface area contributed by atoms with E-state index in [1.807, 2.05) is 0 Å². The highest BCUT2D eigenvalue weighted by atomic mass is 19.4. The molecule has 1 rings (SSSR count). The molecule has 9 heteroatoms. The predicted molar refractivity (Wildman–Crippen MR) is 59.0 cm³/mol. The predicted octanol–water partition coefficient (Wildman–Crippen LogP) is 3.87. The largest absolute Gasteiger partial charge is 0.419 e. The number of amides is 1. The normalized spacial score (nSPS) is 12.4. The Balaban J connectivity index is 2.98. The summed E-state index contributed by atoms with van der Waals surface area (Å²) in [5.74, 6) is -3.04. The van der Waals surface area contributed by atoms with Gasteiger partial charge in [0.1, 0.15) is 5.82 Å². The first kappa shape index (κ1) is 17.3. The van der Waals surface area contributed by atoms with Gasteiger partial charge in [0.25, 0.3) is 5.91 Å². The molecule has 0 aliphatic rings. The minimum absolute atomic E-state index is 0.446. The van der Waals surface area contributed by atoms with Crippen molar-refractivity contribution in [3.05, 3.63) is 35.1 Å². The Morgan fingerprint density at radius 3 is 2.19 bits per heavy atom. The molecule has 0 heterocycles. The fourth-order valence-corrected chi connectivity index (χ4v) is 1.52. The summed E-state index contributed by atoms with van der Waals surface area (Å²) in [6, 6.07) is 2.05. The molecule has 2 nitrogen and oxygen atoms in total. The van der Waals surface area contributed by atoms with Crippen LogP contribution in [0.5, 0.6) is 0 Å². The second-order valence-corrected chi connectivity index (χ2v) is 4.26. The van der Waals surface area contributed by atoms with Crippen LogP contribution >= 0.6 is 0 Å². The highest BCUT2D eigenvalue weighted by Crippen LogP contribution is 2.32. The Hall–Kier alpha value is -1.80. The summed E-state index contributed by atoms with van der Waals surface area (Å²) in [4.78, 5) is 12.2. The van der Waals surface area contributed by atoms with Crippen molar-refractivity contribution in [1.29, 1.82) is 0 Å². The molecule has 0 atom stereocenters. The van der Waals surface area contributed by atoms with Crippen molar-refractivity contribution in [2.45, 2.75) is 18.8 Å². The number of alkyl halides is 6. The van der Waals surface area contributed by atoms with Gasteiger partial charge in [-0.2, -0.15) is 26.3 Å². The topological polar surface area (TPSA) is 20.3 Å². The molecule has 1 amide bonds. The molecule has 0 bridgehead atoms. The Labute approximate surface area is 115 Å². The second kappa shape index (κ2) is 5.90. The molecule has 118 valence electrons. The van der Waals surface area contributed by atoms with E-state index in [0.29, 0.717) is 11.0 Å². The number of halogens is 7. The number of hydrogen-bond acceptors (Lipinski definition) is 1. The summed E-state index contributed by atoms with van der Waals surface area (Å²) >= 11 is 0. The summed E-state index contributed by atoms with van der Waals surface area (Å²) < 4.78 is 87.2. The summed E-state index contributed by atoms with van der Waals surface area (Å²) in [6.07, 6.45) is -10.9. The van der Waals surface area contributed by atoms with Gasteiger partial charge in [0.2, 0.25) is 0 Å². The van der Waals surface area contributed by atoms with Gasteiger partial charge in [-0.15, -0.1) is 0 Å². The molecule has 0 aliphatic carbocycles. The molecular formula is C12H10F7NO. The van der Waals surface area contributed by atoms with E-state index in [0.717, 1.165) is 19.2 Å². The second-order valence-electron chi connectivity index (χ2n) is 4.26. The zero-order valence-corrected chi connectivity index (χ0v) is 10.6. The van der Waals surface area contributed by atoms with E-state index in [2.05, 4.69) is 0 Å². The monoisotopic (exact) mass is 317 g/mol. The summed E-state index contributed by atoms with van der Waals surface area (Å²) in [5.41, 5.74) is -2.56. The average Bonchev–Trinajstić information content (AvgIpc) is 2.33. The van der Waals surface area contributed by atoms with Crippen molar-refractivity contribution < 1.29 is 35.5 Å². The zero-order chi connectivity index (χ0) is 16.4. The van der Waals surface area contributed by atoms with Crippen molar-refractivity contribution >= 4 is 5.91 Å². The van der Waals surface area contributed by atoms with Crippen LogP contribution in [-0.2, 0) is 6.18 Å². The third-order valence-corrected chi connectivity index (χ3v) is 2.61. The highest BCUT2D eigenvalue weighted by molar-refractivity contribution is 5.94. The number of rotatable bonds is 3. The lowest BCUT2D eigenvalue weighted by Crippen LogP contribution is -2.31. The van der Waals surface area contributed by atoms with Gasteiger partial charge in [0.15, 0.2) is 0 Å². The number of hydrogen-bond donors (Lipinski definition) is 0. The van der Waals surface area contributed by atoms with Gasteiger partial charge in [0.05, 0.1) is 17.5 Å². The van der Waals surface area contributed by atoms with Crippen LogP contribution in [0.1, 0.15) is 22.3 Å². The molecular weight excluding hydrogens is 307 g/mol. The van der Waals surface area contributed by atoms with E-state index in [9.17, 15) is 35.5 Å². The molecule has 0 saturated carbocycles. The van der Waals surface area contributed by atoms with Crippen LogP contribution in [-0.4, -0.2) is 30.6 Å². The van der Waals surface area contributed by atoms with Gasteiger partial charge >= 0.3 is 12.4 Å². The van der Waals surface area contributed by atoms with Crippen molar-refractivity contribution in [3.63, 3.8) is 0 Å².